The van der Waals surface area contributed by atoms with Crippen LogP contribution in [0, 0.1) is 23.0 Å². The Morgan fingerprint density at radius 1 is 1.11 bits per heavy atom. The Morgan fingerprint density at radius 3 is 2.57 bits per heavy atom. The first kappa shape index (κ1) is 24.2. The smallest absolute Gasteiger partial charge is 0.319 e. The predicted molar refractivity (Wildman–Crippen MR) is 138 cm³/mol. The highest BCUT2D eigenvalue weighted by molar-refractivity contribution is 5.91. The number of non-ortho nitro benzene ring substituents is 1. The summed E-state index contributed by atoms with van der Waals surface area (Å²) >= 11 is 0. The van der Waals surface area contributed by atoms with Gasteiger partial charge in [0.2, 0.25) is 5.95 Å². The minimum Gasteiger partial charge on any atom is -0.362 e. The molecule has 0 radical (unpaired) electrons. The number of hydrogen-bond acceptors (Lipinski definition) is 7. The van der Waals surface area contributed by atoms with Crippen molar-refractivity contribution in [1.82, 2.24) is 15.3 Å². The van der Waals surface area contributed by atoms with E-state index in [1.54, 1.807) is 13.0 Å². The third-order valence-corrected chi connectivity index (χ3v) is 6.42. The average Bonchev–Trinajstić information content (AvgIpc) is 2.84. The maximum Gasteiger partial charge on any atom is 0.319 e. The fourth-order valence-electron chi connectivity index (χ4n) is 4.42. The minimum atomic E-state index is -0.473. The van der Waals surface area contributed by atoms with E-state index < -0.39 is 4.92 Å². The first-order valence-electron chi connectivity index (χ1n) is 11.8. The van der Waals surface area contributed by atoms with Crippen LogP contribution in [-0.4, -0.2) is 47.6 Å². The summed E-state index contributed by atoms with van der Waals surface area (Å²) in [5, 5.41) is 21.2. The number of benzene rings is 2. The molecule has 0 atom stereocenters. The molecule has 1 saturated carbocycles. The number of urea groups is 1. The van der Waals surface area contributed by atoms with Gasteiger partial charge >= 0.3 is 6.03 Å². The molecule has 0 bridgehead atoms. The van der Waals surface area contributed by atoms with E-state index in [9.17, 15) is 14.9 Å². The number of hydrogen-bond donors (Lipinski definition) is 3. The second-order valence-electron chi connectivity index (χ2n) is 9.24. The van der Waals surface area contributed by atoms with Crippen molar-refractivity contribution in [1.29, 1.82) is 0 Å². The van der Waals surface area contributed by atoms with Gasteiger partial charge in [-0.1, -0.05) is 18.2 Å². The summed E-state index contributed by atoms with van der Waals surface area (Å²) in [5.74, 6) is 1.90. The molecule has 184 valence electrons. The molecule has 2 aromatic carbocycles. The summed E-state index contributed by atoms with van der Waals surface area (Å²) in [7, 11) is 3.96. The van der Waals surface area contributed by atoms with E-state index in [1.165, 1.54) is 12.1 Å². The number of aromatic nitrogens is 2. The van der Waals surface area contributed by atoms with Crippen LogP contribution in [0.2, 0.25) is 0 Å². The zero-order valence-electron chi connectivity index (χ0n) is 20.2. The number of nitro groups is 1. The van der Waals surface area contributed by atoms with Crippen LogP contribution in [0.1, 0.15) is 31.2 Å². The van der Waals surface area contributed by atoms with E-state index in [4.69, 9.17) is 9.97 Å². The Hall–Kier alpha value is -3.95. The Labute approximate surface area is 204 Å². The first-order valence-corrected chi connectivity index (χ1v) is 11.8. The maximum atomic E-state index is 12.4. The van der Waals surface area contributed by atoms with Crippen LogP contribution in [0.25, 0.3) is 10.9 Å². The van der Waals surface area contributed by atoms with E-state index in [-0.39, 0.29) is 17.8 Å². The Balaban J connectivity index is 1.28. The van der Waals surface area contributed by atoms with Crippen molar-refractivity contribution in [3.05, 3.63) is 58.1 Å². The lowest BCUT2D eigenvalue weighted by molar-refractivity contribution is -0.384. The van der Waals surface area contributed by atoms with Crippen molar-refractivity contribution in [2.24, 2.45) is 5.92 Å². The zero-order valence-corrected chi connectivity index (χ0v) is 20.2. The summed E-state index contributed by atoms with van der Waals surface area (Å²) in [5.41, 5.74) is 2.07. The number of fused-ring (bicyclic) bond motifs is 1. The van der Waals surface area contributed by atoms with E-state index in [1.807, 2.05) is 43.3 Å². The molecule has 1 aliphatic rings. The summed E-state index contributed by atoms with van der Waals surface area (Å²) < 4.78 is 0. The van der Waals surface area contributed by atoms with Crippen LogP contribution in [0.3, 0.4) is 0 Å². The van der Waals surface area contributed by atoms with E-state index in [0.717, 1.165) is 48.0 Å². The van der Waals surface area contributed by atoms with Crippen LogP contribution in [-0.2, 0) is 0 Å². The average molecular weight is 478 g/mol. The monoisotopic (exact) mass is 477 g/mol. The number of aryl methyl sites for hydroxylation is 1. The number of carbonyl (C=O) groups is 1. The minimum absolute atomic E-state index is 0.0511. The molecule has 1 fully saturated rings. The van der Waals surface area contributed by atoms with Gasteiger partial charge in [0.15, 0.2) is 0 Å². The predicted octanol–water partition coefficient (Wildman–Crippen LogP) is 4.70. The molecule has 0 unspecified atom stereocenters. The highest BCUT2D eigenvalue weighted by Gasteiger charge is 2.23. The van der Waals surface area contributed by atoms with Crippen LogP contribution in [0.5, 0.6) is 0 Å². The molecule has 2 amide bonds. The van der Waals surface area contributed by atoms with E-state index in [0.29, 0.717) is 24.1 Å². The van der Waals surface area contributed by atoms with Crippen molar-refractivity contribution in [3.63, 3.8) is 0 Å². The molecular formula is C25H31N7O3. The second-order valence-corrected chi connectivity index (χ2v) is 9.24. The molecule has 1 aliphatic carbocycles. The van der Waals surface area contributed by atoms with Gasteiger partial charge in [0, 0.05) is 44.2 Å². The number of amides is 2. The molecule has 4 rings (SSSR count). The lowest BCUT2D eigenvalue weighted by atomic mass is 9.86. The Bertz CT molecular complexity index is 1220. The summed E-state index contributed by atoms with van der Waals surface area (Å²) in [6.45, 7) is 2.36. The molecule has 1 aromatic heterocycles. The van der Waals surface area contributed by atoms with Crippen molar-refractivity contribution in [2.75, 3.05) is 36.2 Å². The van der Waals surface area contributed by atoms with Crippen LogP contribution < -0.4 is 20.9 Å². The van der Waals surface area contributed by atoms with Gasteiger partial charge in [0.05, 0.1) is 16.1 Å². The van der Waals surface area contributed by atoms with Crippen molar-refractivity contribution in [2.45, 2.75) is 38.6 Å². The summed E-state index contributed by atoms with van der Waals surface area (Å²) in [4.78, 5) is 34.3. The quantitative estimate of drug-likeness (QED) is 0.332. The van der Waals surface area contributed by atoms with Crippen molar-refractivity contribution < 1.29 is 9.72 Å². The van der Waals surface area contributed by atoms with Crippen LogP contribution in [0.4, 0.5) is 27.9 Å². The largest absolute Gasteiger partial charge is 0.362 e. The normalized spacial score (nSPS) is 17.6. The molecule has 10 nitrogen and oxygen atoms in total. The fourth-order valence-corrected chi connectivity index (χ4v) is 4.42. The SMILES string of the molecule is Cc1ccc([N+](=O)[O-])cc1NC(=O)NCC1CCC(Nc2nc(N(C)C)c3ccccc3n2)CC1. The second kappa shape index (κ2) is 10.5. The lowest BCUT2D eigenvalue weighted by Crippen LogP contribution is -2.36. The number of nitrogens with zero attached hydrogens (tertiary/aromatic N) is 4. The summed E-state index contributed by atoms with van der Waals surface area (Å²) in [6, 6.07) is 12.4. The number of rotatable bonds is 7. The van der Waals surface area contributed by atoms with Crippen molar-refractivity contribution in [3.8, 4) is 0 Å². The van der Waals surface area contributed by atoms with Gasteiger partial charge in [-0.2, -0.15) is 4.98 Å². The van der Waals surface area contributed by atoms with Crippen LogP contribution in [0.15, 0.2) is 42.5 Å². The fraction of sp³-hybridized carbons (Fsp3) is 0.400. The molecular weight excluding hydrogens is 446 g/mol. The van der Waals surface area contributed by atoms with Gasteiger partial charge in [-0.3, -0.25) is 10.1 Å². The lowest BCUT2D eigenvalue weighted by Gasteiger charge is -2.29. The van der Waals surface area contributed by atoms with E-state index in [2.05, 4.69) is 16.0 Å². The number of nitrogens with one attached hydrogen (secondary N) is 3. The molecule has 35 heavy (non-hydrogen) atoms. The highest BCUT2D eigenvalue weighted by atomic mass is 16.6. The van der Waals surface area contributed by atoms with Gasteiger partial charge in [-0.05, 0) is 56.2 Å². The van der Waals surface area contributed by atoms with Gasteiger partial charge in [-0.25, -0.2) is 9.78 Å². The number of para-hydroxylation sites is 1. The highest BCUT2D eigenvalue weighted by Crippen LogP contribution is 2.28. The molecule has 1 heterocycles. The Morgan fingerprint density at radius 2 is 1.86 bits per heavy atom. The number of nitro benzene ring substituents is 1. The van der Waals surface area contributed by atoms with Crippen molar-refractivity contribution >= 4 is 40.1 Å². The molecule has 10 heteroatoms. The number of anilines is 3. The van der Waals surface area contributed by atoms with Crippen LogP contribution >= 0.6 is 0 Å². The maximum absolute atomic E-state index is 12.4. The van der Waals surface area contributed by atoms with Gasteiger partial charge < -0.3 is 20.9 Å². The molecule has 0 spiro atoms. The third-order valence-electron chi connectivity index (χ3n) is 6.42. The zero-order chi connectivity index (χ0) is 24.9. The number of carbonyl (C=O) groups excluding carboxylic acids is 1. The standard InChI is InChI=1S/C25H31N7O3/c1-16-8-13-19(32(34)35)14-22(16)29-25(33)26-15-17-9-11-18(12-10-17)27-24-28-21-7-5-4-6-20(21)23(30-24)31(2)3/h4-8,13-14,17-18H,9-12,15H2,1-3H3,(H2,26,29,33)(H,27,28,30). The Kier molecular flexibility index (Phi) is 7.28. The molecule has 0 aliphatic heterocycles. The molecule has 3 N–H and O–H groups in total. The van der Waals surface area contributed by atoms with Gasteiger partial charge in [0.1, 0.15) is 5.82 Å². The summed E-state index contributed by atoms with van der Waals surface area (Å²) in [6.07, 6.45) is 3.88. The first-order chi connectivity index (χ1) is 16.8. The third kappa shape index (κ3) is 5.95. The molecule has 0 saturated heterocycles. The van der Waals surface area contributed by atoms with Gasteiger partial charge in [0.25, 0.3) is 5.69 Å². The van der Waals surface area contributed by atoms with Gasteiger partial charge in [-0.15, -0.1) is 0 Å². The van der Waals surface area contributed by atoms with E-state index >= 15 is 0 Å². The molecule has 3 aromatic rings. The topological polar surface area (TPSA) is 125 Å².